The molecule has 1 heterocycles. The molecule has 0 aliphatic heterocycles. The van der Waals surface area contributed by atoms with E-state index in [9.17, 15) is 9.90 Å². The number of aromatic nitrogens is 1. The van der Waals surface area contributed by atoms with Crippen LogP contribution in [0.4, 0.5) is 0 Å². The zero-order valence-electron chi connectivity index (χ0n) is 13.6. The summed E-state index contributed by atoms with van der Waals surface area (Å²) in [6, 6.07) is 12.5. The number of aryl methyl sites for hydroxylation is 1. The van der Waals surface area contributed by atoms with Gasteiger partial charge in [-0.15, -0.1) is 0 Å². The number of hydrogen-bond donors (Lipinski definition) is 2. The molecule has 1 atom stereocenters. The first kappa shape index (κ1) is 17.0. The lowest BCUT2D eigenvalue weighted by atomic mass is 10.1. The van der Waals surface area contributed by atoms with E-state index in [1.54, 1.807) is 24.3 Å². The van der Waals surface area contributed by atoms with Crippen molar-refractivity contribution < 1.29 is 14.6 Å². The fourth-order valence-corrected chi connectivity index (χ4v) is 2.13. The normalized spacial score (nSPS) is 12.0. The molecule has 122 valence electrons. The summed E-state index contributed by atoms with van der Waals surface area (Å²) in [7, 11) is 0. The SMILES string of the molecule is Cc1cccc(C(=O)NC[C@@H](O)c2cccc(OC(C)C)c2)n1. The van der Waals surface area contributed by atoms with Crippen LogP contribution in [0.2, 0.25) is 0 Å². The minimum Gasteiger partial charge on any atom is -0.491 e. The smallest absolute Gasteiger partial charge is 0.269 e. The number of carbonyl (C=O) groups excluding carboxylic acids is 1. The third-order valence-corrected chi connectivity index (χ3v) is 3.19. The van der Waals surface area contributed by atoms with Crippen LogP contribution in [-0.4, -0.2) is 28.6 Å². The average Bonchev–Trinajstić information content (AvgIpc) is 2.52. The minimum absolute atomic E-state index is 0.0643. The van der Waals surface area contributed by atoms with E-state index in [0.717, 1.165) is 5.69 Å². The lowest BCUT2D eigenvalue weighted by Crippen LogP contribution is -2.29. The summed E-state index contributed by atoms with van der Waals surface area (Å²) < 4.78 is 5.60. The first-order chi connectivity index (χ1) is 11.0. The number of aliphatic hydroxyl groups is 1. The van der Waals surface area contributed by atoms with Crippen molar-refractivity contribution in [1.82, 2.24) is 10.3 Å². The van der Waals surface area contributed by atoms with Gasteiger partial charge in [0, 0.05) is 12.2 Å². The Labute approximate surface area is 136 Å². The number of pyridine rings is 1. The van der Waals surface area contributed by atoms with Crippen LogP contribution < -0.4 is 10.1 Å². The maximum absolute atomic E-state index is 12.0. The Morgan fingerprint density at radius 3 is 2.70 bits per heavy atom. The molecule has 5 nitrogen and oxygen atoms in total. The molecule has 0 saturated heterocycles. The van der Waals surface area contributed by atoms with Crippen LogP contribution in [0.15, 0.2) is 42.5 Å². The fourth-order valence-electron chi connectivity index (χ4n) is 2.13. The molecule has 2 aromatic rings. The highest BCUT2D eigenvalue weighted by atomic mass is 16.5. The van der Waals surface area contributed by atoms with Gasteiger partial charge in [0.1, 0.15) is 11.4 Å². The Morgan fingerprint density at radius 2 is 2.00 bits per heavy atom. The first-order valence-electron chi connectivity index (χ1n) is 7.62. The van der Waals surface area contributed by atoms with Gasteiger partial charge >= 0.3 is 0 Å². The molecule has 0 saturated carbocycles. The van der Waals surface area contributed by atoms with Gasteiger partial charge in [-0.3, -0.25) is 4.79 Å². The number of rotatable bonds is 6. The predicted molar refractivity (Wildman–Crippen MR) is 88.5 cm³/mol. The molecule has 0 spiro atoms. The maximum Gasteiger partial charge on any atom is 0.269 e. The molecule has 0 aliphatic rings. The summed E-state index contributed by atoms with van der Waals surface area (Å²) in [5.74, 6) is 0.394. The molecule has 0 unspecified atom stereocenters. The number of carbonyl (C=O) groups is 1. The molecule has 0 bridgehead atoms. The molecule has 0 aliphatic carbocycles. The van der Waals surface area contributed by atoms with Crippen molar-refractivity contribution in [1.29, 1.82) is 0 Å². The van der Waals surface area contributed by atoms with Crippen molar-refractivity contribution >= 4 is 5.91 Å². The predicted octanol–water partition coefficient (Wildman–Crippen LogP) is 2.64. The maximum atomic E-state index is 12.0. The van der Waals surface area contributed by atoms with E-state index < -0.39 is 6.10 Å². The summed E-state index contributed by atoms with van der Waals surface area (Å²) in [5, 5.41) is 12.9. The van der Waals surface area contributed by atoms with E-state index in [0.29, 0.717) is 17.0 Å². The number of ether oxygens (including phenoxy) is 1. The monoisotopic (exact) mass is 314 g/mol. The topological polar surface area (TPSA) is 71.5 Å². The Kier molecular flexibility index (Phi) is 5.71. The number of nitrogens with one attached hydrogen (secondary N) is 1. The Bertz CT molecular complexity index is 671. The lowest BCUT2D eigenvalue weighted by molar-refractivity contribution is 0.0911. The van der Waals surface area contributed by atoms with Gasteiger partial charge in [0.15, 0.2) is 0 Å². The van der Waals surface area contributed by atoms with Gasteiger partial charge in [-0.25, -0.2) is 4.98 Å². The van der Waals surface area contributed by atoms with Crippen molar-refractivity contribution in [3.05, 3.63) is 59.4 Å². The number of aliphatic hydroxyl groups excluding tert-OH is 1. The highest BCUT2D eigenvalue weighted by Gasteiger charge is 2.12. The molecular weight excluding hydrogens is 292 g/mol. The Morgan fingerprint density at radius 1 is 1.26 bits per heavy atom. The van der Waals surface area contributed by atoms with Crippen molar-refractivity contribution in [2.24, 2.45) is 0 Å². The summed E-state index contributed by atoms with van der Waals surface area (Å²) in [5.41, 5.74) is 1.81. The van der Waals surface area contributed by atoms with Crippen LogP contribution in [0.1, 0.15) is 41.7 Å². The van der Waals surface area contributed by atoms with Gasteiger partial charge in [0.2, 0.25) is 0 Å². The molecule has 23 heavy (non-hydrogen) atoms. The molecule has 1 amide bonds. The van der Waals surface area contributed by atoms with Crippen molar-refractivity contribution in [3.8, 4) is 5.75 Å². The van der Waals surface area contributed by atoms with E-state index in [1.807, 2.05) is 39.0 Å². The molecule has 5 heteroatoms. The van der Waals surface area contributed by atoms with Gasteiger partial charge < -0.3 is 15.2 Å². The second kappa shape index (κ2) is 7.74. The summed E-state index contributed by atoms with van der Waals surface area (Å²) in [6.45, 7) is 5.82. The number of hydrogen-bond acceptors (Lipinski definition) is 4. The van der Waals surface area contributed by atoms with Crippen molar-refractivity contribution in [3.63, 3.8) is 0 Å². The van der Waals surface area contributed by atoms with E-state index in [2.05, 4.69) is 10.3 Å². The van der Waals surface area contributed by atoms with E-state index in [1.165, 1.54) is 0 Å². The van der Waals surface area contributed by atoms with Gasteiger partial charge in [-0.2, -0.15) is 0 Å². The molecule has 1 aromatic heterocycles. The minimum atomic E-state index is -0.806. The number of benzene rings is 1. The molecular formula is C18H22N2O3. The molecule has 2 rings (SSSR count). The molecule has 1 aromatic carbocycles. The van der Waals surface area contributed by atoms with E-state index in [-0.39, 0.29) is 18.6 Å². The fraction of sp³-hybridized carbons (Fsp3) is 0.333. The molecule has 2 N–H and O–H groups in total. The second-order valence-corrected chi connectivity index (χ2v) is 5.63. The largest absolute Gasteiger partial charge is 0.491 e. The van der Waals surface area contributed by atoms with Crippen LogP contribution in [0.5, 0.6) is 5.75 Å². The Balaban J connectivity index is 1.96. The number of nitrogens with zero attached hydrogens (tertiary/aromatic N) is 1. The average molecular weight is 314 g/mol. The van der Waals surface area contributed by atoms with Gasteiger partial charge in [0.25, 0.3) is 5.91 Å². The lowest BCUT2D eigenvalue weighted by Gasteiger charge is -2.15. The highest BCUT2D eigenvalue weighted by molar-refractivity contribution is 5.92. The Hall–Kier alpha value is -2.40. The quantitative estimate of drug-likeness (QED) is 0.860. The summed E-state index contributed by atoms with van der Waals surface area (Å²) in [6.07, 6.45) is -0.742. The number of amides is 1. The summed E-state index contributed by atoms with van der Waals surface area (Å²) >= 11 is 0. The summed E-state index contributed by atoms with van der Waals surface area (Å²) in [4.78, 5) is 16.2. The molecule has 0 fully saturated rings. The van der Waals surface area contributed by atoms with Crippen molar-refractivity contribution in [2.75, 3.05) is 6.54 Å². The third-order valence-electron chi connectivity index (χ3n) is 3.19. The zero-order valence-corrected chi connectivity index (χ0v) is 13.6. The second-order valence-electron chi connectivity index (χ2n) is 5.63. The van der Waals surface area contributed by atoms with Crippen LogP contribution >= 0.6 is 0 Å². The zero-order chi connectivity index (χ0) is 16.8. The van der Waals surface area contributed by atoms with Crippen LogP contribution in [0.25, 0.3) is 0 Å². The third kappa shape index (κ3) is 5.07. The van der Waals surface area contributed by atoms with Crippen LogP contribution in [0, 0.1) is 6.92 Å². The van der Waals surface area contributed by atoms with Gasteiger partial charge in [-0.05, 0) is 50.6 Å². The van der Waals surface area contributed by atoms with E-state index in [4.69, 9.17) is 4.74 Å². The van der Waals surface area contributed by atoms with E-state index >= 15 is 0 Å². The van der Waals surface area contributed by atoms with Crippen LogP contribution in [0.3, 0.4) is 0 Å². The molecule has 0 radical (unpaired) electrons. The first-order valence-corrected chi connectivity index (χ1v) is 7.62. The van der Waals surface area contributed by atoms with Crippen LogP contribution in [-0.2, 0) is 0 Å². The van der Waals surface area contributed by atoms with Gasteiger partial charge in [-0.1, -0.05) is 18.2 Å². The highest BCUT2D eigenvalue weighted by Crippen LogP contribution is 2.20. The van der Waals surface area contributed by atoms with Crippen molar-refractivity contribution in [2.45, 2.75) is 33.0 Å². The van der Waals surface area contributed by atoms with Gasteiger partial charge in [0.05, 0.1) is 12.2 Å². The standard InChI is InChI=1S/C18H22N2O3/c1-12(2)23-15-8-5-7-14(10-15)17(21)11-19-18(22)16-9-4-6-13(3)20-16/h4-10,12,17,21H,11H2,1-3H3,(H,19,22)/t17-/m1/s1.